The molecule has 0 atom stereocenters. The van der Waals surface area contributed by atoms with Gasteiger partial charge in [0.15, 0.2) is 0 Å². The molecule has 0 saturated carbocycles. The van der Waals surface area contributed by atoms with Gasteiger partial charge in [-0.25, -0.2) is 18.2 Å². The number of sulfone groups is 1. The minimum absolute atomic E-state index is 0.422. The van der Waals surface area contributed by atoms with Crippen LogP contribution in [0.5, 0.6) is 5.75 Å². The lowest BCUT2D eigenvalue weighted by molar-refractivity contribution is -0.385. The largest absolute Gasteiger partial charge is 0.573 e. The Bertz CT molecular complexity index is 1040. The van der Waals surface area contributed by atoms with E-state index in [4.69, 9.17) is 0 Å². The number of carbonyl (C=O) groups is 1. The lowest BCUT2D eigenvalue weighted by Crippen LogP contribution is -2.17. The third-order valence-electron chi connectivity index (χ3n) is 3.16. The molecule has 9 nitrogen and oxygen atoms in total. The van der Waals surface area contributed by atoms with E-state index in [2.05, 4.69) is 30.4 Å². The number of halogens is 4. The maximum atomic E-state index is 12.7. The highest BCUT2D eigenvalue weighted by Crippen LogP contribution is 2.33. The van der Waals surface area contributed by atoms with Gasteiger partial charge in [-0.2, -0.15) is 0 Å². The van der Waals surface area contributed by atoms with E-state index >= 15 is 0 Å². The third kappa shape index (κ3) is 4.56. The minimum atomic E-state index is -4.96. The smallest absolute Gasteiger partial charge is 0.464 e. The first kappa shape index (κ1) is 21.6. The van der Waals surface area contributed by atoms with Crippen molar-refractivity contribution < 1.29 is 40.8 Å². The van der Waals surface area contributed by atoms with Crippen LogP contribution >= 0.6 is 15.9 Å². The lowest BCUT2D eigenvalue weighted by atomic mass is 10.3. The summed E-state index contributed by atoms with van der Waals surface area (Å²) < 4.78 is 69.6. The number of pyridine rings is 1. The van der Waals surface area contributed by atoms with Crippen molar-refractivity contribution in [1.29, 1.82) is 0 Å². The number of esters is 1. The predicted octanol–water partition coefficient (Wildman–Crippen LogP) is 3.27. The average Bonchev–Trinajstić information content (AvgIpc) is 2.59. The zero-order valence-electron chi connectivity index (χ0n) is 13.6. The van der Waals surface area contributed by atoms with E-state index < -0.39 is 58.6 Å². The van der Waals surface area contributed by atoms with E-state index in [0.29, 0.717) is 6.07 Å². The summed E-state index contributed by atoms with van der Waals surface area (Å²) in [4.78, 5) is 24.2. The van der Waals surface area contributed by atoms with Crippen LogP contribution < -0.4 is 4.74 Å². The average molecular weight is 485 g/mol. The van der Waals surface area contributed by atoms with Crippen molar-refractivity contribution in [2.45, 2.75) is 16.2 Å². The number of ether oxygens (including phenoxy) is 2. The van der Waals surface area contributed by atoms with Gasteiger partial charge in [-0.3, -0.25) is 10.1 Å². The second-order valence-corrected chi connectivity index (χ2v) is 7.59. The van der Waals surface area contributed by atoms with Crippen LogP contribution in [-0.2, 0) is 14.6 Å². The van der Waals surface area contributed by atoms with Crippen molar-refractivity contribution in [3.8, 4) is 5.75 Å². The predicted molar refractivity (Wildman–Crippen MR) is 88.5 cm³/mol. The van der Waals surface area contributed by atoms with Gasteiger partial charge in [-0.15, -0.1) is 13.2 Å². The highest BCUT2D eigenvalue weighted by Gasteiger charge is 2.33. The van der Waals surface area contributed by atoms with Crippen molar-refractivity contribution in [3.63, 3.8) is 0 Å². The Hall–Kier alpha value is -2.74. The Labute approximate surface area is 163 Å². The van der Waals surface area contributed by atoms with Crippen molar-refractivity contribution >= 4 is 37.4 Å². The van der Waals surface area contributed by atoms with E-state index in [1.165, 1.54) is 0 Å². The number of hydrogen-bond acceptors (Lipinski definition) is 8. The Morgan fingerprint density at radius 3 is 2.29 bits per heavy atom. The van der Waals surface area contributed by atoms with Gasteiger partial charge in [0.1, 0.15) is 15.2 Å². The Balaban J connectivity index is 2.55. The molecule has 0 unspecified atom stereocenters. The molecule has 0 aliphatic rings. The number of carbonyl (C=O) groups excluding carboxylic acids is 1. The number of nitro groups is 1. The van der Waals surface area contributed by atoms with Crippen LogP contribution in [0.25, 0.3) is 0 Å². The molecule has 28 heavy (non-hydrogen) atoms. The molecule has 0 amide bonds. The van der Waals surface area contributed by atoms with Crippen molar-refractivity contribution in [3.05, 3.63) is 50.7 Å². The normalized spacial score (nSPS) is 11.8. The van der Waals surface area contributed by atoms with Crippen LogP contribution in [0.15, 0.2) is 44.7 Å². The maximum absolute atomic E-state index is 12.7. The fraction of sp³-hybridized carbons (Fsp3) is 0.143. The number of rotatable bonds is 5. The number of methoxy groups -OCH3 is 1. The summed E-state index contributed by atoms with van der Waals surface area (Å²) in [6, 6.07) is 3.77. The van der Waals surface area contributed by atoms with E-state index in [1.54, 1.807) is 0 Å². The monoisotopic (exact) mass is 484 g/mol. The highest BCUT2D eigenvalue weighted by molar-refractivity contribution is 9.10. The number of alkyl halides is 3. The van der Waals surface area contributed by atoms with Gasteiger partial charge in [0, 0.05) is 6.07 Å². The van der Waals surface area contributed by atoms with Gasteiger partial charge >= 0.3 is 18.0 Å². The summed E-state index contributed by atoms with van der Waals surface area (Å²) in [6.07, 6.45) is -4.96. The molecule has 1 aromatic carbocycles. The van der Waals surface area contributed by atoms with Crippen LogP contribution in [-0.4, -0.2) is 37.8 Å². The SMILES string of the molecule is COC(=O)c1nc(Br)c(S(=O)(=O)c2ccc(OC(F)(F)F)cc2)cc1[N+](=O)[O-]. The van der Waals surface area contributed by atoms with E-state index in [-0.39, 0.29) is 0 Å². The zero-order chi connectivity index (χ0) is 21.3. The third-order valence-corrected chi connectivity index (χ3v) is 5.81. The van der Waals surface area contributed by atoms with Gasteiger partial charge in [0.05, 0.1) is 16.9 Å². The number of benzene rings is 1. The molecule has 0 aliphatic heterocycles. The van der Waals surface area contributed by atoms with Crippen molar-refractivity contribution in [1.82, 2.24) is 4.98 Å². The quantitative estimate of drug-likeness (QED) is 0.274. The molecule has 0 radical (unpaired) electrons. The molecular weight excluding hydrogens is 477 g/mol. The lowest BCUT2D eigenvalue weighted by Gasteiger charge is -2.11. The van der Waals surface area contributed by atoms with Crippen LogP contribution in [0.3, 0.4) is 0 Å². The van der Waals surface area contributed by atoms with Crippen molar-refractivity contribution in [2.75, 3.05) is 7.11 Å². The Kier molecular flexibility index (Phi) is 5.94. The van der Waals surface area contributed by atoms with Crippen LogP contribution in [0, 0.1) is 10.1 Å². The zero-order valence-corrected chi connectivity index (χ0v) is 16.0. The van der Waals surface area contributed by atoms with Crippen LogP contribution in [0.1, 0.15) is 10.5 Å². The molecule has 0 saturated heterocycles. The second-order valence-electron chi connectivity index (χ2n) is 4.92. The van der Waals surface area contributed by atoms with Gasteiger partial charge in [0.25, 0.3) is 0 Å². The Morgan fingerprint density at radius 2 is 1.82 bits per heavy atom. The van der Waals surface area contributed by atoms with Gasteiger partial charge in [0.2, 0.25) is 15.5 Å². The summed E-state index contributed by atoms with van der Waals surface area (Å²) in [5.74, 6) is -1.82. The summed E-state index contributed by atoms with van der Waals surface area (Å²) in [5.41, 5.74) is -1.65. The van der Waals surface area contributed by atoms with Crippen LogP contribution in [0.2, 0.25) is 0 Å². The van der Waals surface area contributed by atoms with E-state index in [9.17, 15) is 36.5 Å². The molecule has 14 heteroatoms. The first-order chi connectivity index (χ1) is 12.9. The standard InChI is InChI=1S/C14H8BrF3N2O7S/c1-26-13(21)11-9(20(22)23)6-10(12(15)19-11)28(24,25)8-4-2-7(3-5-8)27-14(16,17)18/h2-6H,1H3. The Morgan fingerprint density at radius 1 is 1.25 bits per heavy atom. The maximum Gasteiger partial charge on any atom is 0.573 e. The number of aromatic nitrogens is 1. The molecule has 0 bridgehead atoms. The summed E-state index contributed by atoms with van der Waals surface area (Å²) in [6.45, 7) is 0. The van der Waals surface area contributed by atoms with E-state index in [0.717, 1.165) is 31.4 Å². The molecule has 1 aromatic heterocycles. The van der Waals surface area contributed by atoms with E-state index in [1.807, 2.05) is 0 Å². The molecule has 1 heterocycles. The summed E-state index contributed by atoms with van der Waals surface area (Å²) >= 11 is 2.82. The number of hydrogen-bond donors (Lipinski definition) is 0. The summed E-state index contributed by atoms with van der Waals surface area (Å²) in [5, 5.41) is 11.2. The minimum Gasteiger partial charge on any atom is -0.464 e. The molecule has 0 N–H and O–H groups in total. The number of nitrogens with zero attached hydrogens (tertiary/aromatic N) is 2. The fourth-order valence-electron chi connectivity index (χ4n) is 1.98. The second kappa shape index (κ2) is 7.71. The molecule has 2 rings (SSSR count). The van der Waals surface area contributed by atoms with Gasteiger partial charge in [-0.1, -0.05) is 0 Å². The molecular formula is C14H8BrF3N2O7S. The molecule has 0 fully saturated rings. The first-order valence-corrected chi connectivity index (χ1v) is 9.18. The fourth-order valence-corrected chi connectivity index (χ4v) is 4.20. The van der Waals surface area contributed by atoms with Gasteiger partial charge in [-0.05, 0) is 40.2 Å². The first-order valence-electron chi connectivity index (χ1n) is 6.91. The van der Waals surface area contributed by atoms with Gasteiger partial charge < -0.3 is 9.47 Å². The molecule has 0 spiro atoms. The molecule has 2 aromatic rings. The highest BCUT2D eigenvalue weighted by atomic mass is 79.9. The molecule has 150 valence electrons. The molecule has 0 aliphatic carbocycles. The van der Waals surface area contributed by atoms with Crippen LogP contribution in [0.4, 0.5) is 18.9 Å². The topological polar surface area (TPSA) is 126 Å². The summed E-state index contributed by atoms with van der Waals surface area (Å²) in [7, 11) is -3.48. The van der Waals surface area contributed by atoms with Crippen molar-refractivity contribution in [2.24, 2.45) is 0 Å².